The zero-order valence-corrected chi connectivity index (χ0v) is 25.6. The molecule has 0 fully saturated rings. The van der Waals surface area contributed by atoms with Gasteiger partial charge in [-0.05, 0) is 80.1 Å². The summed E-state index contributed by atoms with van der Waals surface area (Å²) in [4.78, 5) is 29.6. The lowest BCUT2D eigenvalue weighted by Crippen LogP contribution is -2.52. The molecule has 41 heavy (non-hydrogen) atoms. The number of sulfonamides is 1. The highest BCUT2D eigenvalue weighted by molar-refractivity contribution is 7.98. The van der Waals surface area contributed by atoms with E-state index >= 15 is 0 Å². The van der Waals surface area contributed by atoms with Crippen molar-refractivity contribution in [2.24, 2.45) is 0 Å². The van der Waals surface area contributed by atoms with E-state index < -0.39 is 34.3 Å². The van der Waals surface area contributed by atoms with Gasteiger partial charge in [0.1, 0.15) is 18.4 Å². The van der Waals surface area contributed by atoms with Crippen molar-refractivity contribution in [1.82, 2.24) is 10.2 Å². The molecule has 0 aliphatic rings. The summed E-state index contributed by atoms with van der Waals surface area (Å²) in [6.45, 7) is 5.68. The zero-order chi connectivity index (χ0) is 30.0. The van der Waals surface area contributed by atoms with Crippen LogP contribution in [0.4, 0.5) is 10.1 Å². The first-order valence-corrected chi connectivity index (χ1v) is 16.3. The van der Waals surface area contributed by atoms with Gasteiger partial charge in [0.25, 0.3) is 10.0 Å². The normalized spacial score (nSPS) is 12.0. The topological polar surface area (TPSA) is 86.8 Å². The quantitative estimate of drug-likeness (QED) is 0.188. The fourth-order valence-corrected chi connectivity index (χ4v) is 6.15. The Morgan fingerprint density at radius 2 is 1.59 bits per heavy atom. The monoisotopic (exact) mass is 599 g/mol. The maximum atomic E-state index is 14.0. The summed E-state index contributed by atoms with van der Waals surface area (Å²) in [5.74, 6) is -1.27. The minimum atomic E-state index is -4.14. The number of nitrogens with zero attached hydrogens (tertiary/aromatic N) is 2. The van der Waals surface area contributed by atoms with E-state index in [9.17, 15) is 22.4 Å². The third-order valence-corrected chi connectivity index (χ3v) is 9.26. The smallest absolute Gasteiger partial charge is 0.264 e. The molecule has 0 aliphatic heterocycles. The molecule has 0 aliphatic carbocycles. The van der Waals surface area contributed by atoms with Crippen LogP contribution in [0, 0.1) is 12.7 Å². The standard InChI is InChI=1S/C31H38FN3O4S2/c1-5-7-20-33-31(37)29(6-2)34(21-24-10-12-25(32)13-11-24)30(36)22-35(26-14-8-23(3)9-15-26)41(38,39)28-18-16-27(40-4)17-19-28/h8-19,29H,5-7,20-22H2,1-4H3,(H,33,37)/t29-/m1/s1. The van der Waals surface area contributed by atoms with Gasteiger partial charge in [0.2, 0.25) is 11.8 Å². The Bertz CT molecular complexity index is 1400. The number of unbranched alkanes of at least 4 members (excludes halogenated alkanes) is 1. The summed E-state index contributed by atoms with van der Waals surface area (Å²) in [6, 6.07) is 18.2. The SMILES string of the molecule is CCCCNC(=O)[C@@H](CC)N(Cc1ccc(F)cc1)C(=O)CN(c1ccc(C)cc1)S(=O)(=O)c1ccc(SC)cc1. The molecule has 0 bridgehead atoms. The summed E-state index contributed by atoms with van der Waals surface area (Å²) in [5, 5.41) is 2.90. The highest BCUT2D eigenvalue weighted by Crippen LogP contribution is 2.27. The average Bonchev–Trinajstić information content (AvgIpc) is 2.97. The van der Waals surface area contributed by atoms with Gasteiger partial charge in [0.15, 0.2) is 0 Å². The summed E-state index contributed by atoms with van der Waals surface area (Å²) < 4.78 is 42.6. The first-order chi connectivity index (χ1) is 19.6. The second-order valence-corrected chi connectivity index (χ2v) is 12.5. The number of halogens is 1. The van der Waals surface area contributed by atoms with Gasteiger partial charge in [-0.15, -0.1) is 11.8 Å². The van der Waals surface area contributed by atoms with Crippen LogP contribution in [-0.2, 0) is 26.2 Å². The van der Waals surface area contributed by atoms with Gasteiger partial charge in [-0.1, -0.05) is 50.1 Å². The summed E-state index contributed by atoms with van der Waals surface area (Å²) >= 11 is 1.50. The van der Waals surface area contributed by atoms with Crippen LogP contribution >= 0.6 is 11.8 Å². The number of benzene rings is 3. The number of thioether (sulfide) groups is 1. The van der Waals surface area contributed by atoms with Crippen molar-refractivity contribution in [3.63, 3.8) is 0 Å². The molecule has 0 unspecified atom stereocenters. The Morgan fingerprint density at radius 1 is 0.951 bits per heavy atom. The number of hydrogen-bond acceptors (Lipinski definition) is 5. The first-order valence-electron chi connectivity index (χ1n) is 13.7. The van der Waals surface area contributed by atoms with Gasteiger partial charge in [0.05, 0.1) is 10.6 Å². The minimum Gasteiger partial charge on any atom is -0.354 e. The molecule has 1 N–H and O–H groups in total. The van der Waals surface area contributed by atoms with Crippen molar-refractivity contribution in [1.29, 1.82) is 0 Å². The van der Waals surface area contributed by atoms with Gasteiger partial charge >= 0.3 is 0 Å². The van der Waals surface area contributed by atoms with Crippen molar-refractivity contribution < 1.29 is 22.4 Å². The minimum absolute atomic E-state index is 0.0169. The molecule has 3 aromatic carbocycles. The fraction of sp³-hybridized carbons (Fsp3) is 0.355. The van der Waals surface area contributed by atoms with Gasteiger partial charge in [-0.3, -0.25) is 13.9 Å². The second kappa shape index (κ2) is 15.0. The van der Waals surface area contributed by atoms with Crippen LogP contribution in [0.3, 0.4) is 0 Å². The average molecular weight is 600 g/mol. The Hall–Kier alpha value is -3.37. The van der Waals surface area contributed by atoms with E-state index in [-0.39, 0.29) is 17.3 Å². The Labute approximate surface area is 247 Å². The number of nitrogens with one attached hydrogen (secondary N) is 1. The van der Waals surface area contributed by atoms with E-state index in [1.54, 1.807) is 55.5 Å². The lowest BCUT2D eigenvalue weighted by Gasteiger charge is -2.33. The highest BCUT2D eigenvalue weighted by atomic mass is 32.2. The van der Waals surface area contributed by atoms with Crippen molar-refractivity contribution in [2.45, 2.75) is 62.4 Å². The molecular weight excluding hydrogens is 561 g/mol. The van der Waals surface area contributed by atoms with Crippen LogP contribution in [0.25, 0.3) is 0 Å². The van der Waals surface area contributed by atoms with Crippen molar-refractivity contribution in [3.8, 4) is 0 Å². The molecule has 0 heterocycles. The summed E-state index contributed by atoms with van der Waals surface area (Å²) in [6.07, 6.45) is 3.91. The number of carbonyl (C=O) groups excluding carboxylic acids is 2. The second-order valence-electron chi connectivity index (χ2n) is 9.74. The molecular formula is C31H38FN3O4S2. The highest BCUT2D eigenvalue weighted by Gasteiger charge is 2.33. The van der Waals surface area contributed by atoms with Gasteiger partial charge in [-0.25, -0.2) is 12.8 Å². The van der Waals surface area contributed by atoms with Crippen LogP contribution in [0.5, 0.6) is 0 Å². The molecule has 1 atom stereocenters. The number of amides is 2. The first kappa shape index (κ1) is 32.1. The Balaban J connectivity index is 2.02. The largest absolute Gasteiger partial charge is 0.354 e. The maximum Gasteiger partial charge on any atom is 0.264 e. The molecule has 0 spiro atoms. The molecule has 3 aromatic rings. The number of hydrogen-bond donors (Lipinski definition) is 1. The number of aryl methyl sites for hydroxylation is 1. The molecule has 0 aromatic heterocycles. The van der Waals surface area contributed by atoms with Crippen molar-refractivity contribution in [2.75, 3.05) is 23.7 Å². The van der Waals surface area contributed by atoms with E-state index in [0.717, 1.165) is 27.6 Å². The van der Waals surface area contributed by atoms with E-state index in [0.29, 0.717) is 24.2 Å². The molecule has 2 amide bonds. The van der Waals surface area contributed by atoms with Crippen molar-refractivity contribution in [3.05, 3.63) is 89.7 Å². The molecule has 0 saturated carbocycles. The predicted molar refractivity (Wildman–Crippen MR) is 163 cm³/mol. The Morgan fingerprint density at radius 3 is 2.15 bits per heavy atom. The van der Waals surface area contributed by atoms with E-state index in [4.69, 9.17) is 0 Å². The maximum absolute atomic E-state index is 14.0. The molecule has 220 valence electrons. The number of carbonyl (C=O) groups is 2. The van der Waals surface area contributed by atoms with Crippen LogP contribution in [0.2, 0.25) is 0 Å². The lowest BCUT2D eigenvalue weighted by atomic mass is 10.1. The van der Waals surface area contributed by atoms with Crippen molar-refractivity contribution >= 4 is 39.3 Å². The summed E-state index contributed by atoms with van der Waals surface area (Å²) in [5.41, 5.74) is 1.89. The van der Waals surface area contributed by atoms with E-state index in [1.165, 1.54) is 40.9 Å². The van der Waals surface area contributed by atoms with Gasteiger partial charge < -0.3 is 10.2 Å². The number of rotatable bonds is 14. The lowest BCUT2D eigenvalue weighted by molar-refractivity contribution is -0.140. The van der Waals surface area contributed by atoms with E-state index in [1.807, 2.05) is 20.1 Å². The number of anilines is 1. The van der Waals surface area contributed by atoms with E-state index in [2.05, 4.69) is 5.32 Å². The third-order valence-electron chi connectivity index (χ3n) is 6.73. The molecule has 10 heteroatoms. The van der Waals surface area contributed by atoms with Gasteiger partial charge in [0, 0.05) is 18.0 Å². The fourth-order valence-electron chi connectivity index (χ4n) is 4.33. The van der Waals surface area contributed by atoms with Gasteiger partial charge in [-0.2, -0.15) is 0 Å². The Kier molecular flexibility index (Phi) is 11.8. The predicted octanol–water partition coefficient (Wildman–Crippen LogP) is 5.78. The zero-order valence-electron chi connectivity index (χ0n) is 24.0. The molecule has 0 saturated heterocycles. The van der Waals surface area contributed by atoms with Crippen LogP contribution in [0.1, 0.15) is 44.2 Å². The molecule has 0 radical (unpaired) electrons. The van der Waals surface area contributed by atoms with Crippen LogP contribution in [0.15, 0.2) is 82.6 Å². The molecule has 7 nitrogen and oxygen atoms in total. The van der Waals surface area contributed by atoms with Crippen LogP contribution in [-0.4, -0.2) is 50.5 Å². The molecule has 3 rings (SSSR count). The van der Waals surface area contributed by atoms with Crippen LogP contribution < -0.4 is 9.62 Å². The summed E-state index contributed by atoms with van der Waals surface area (Å²) in [7, 11) is -4.14. The third kappa shape index (κ3) is 8.56.